The van der Waals surface area contributed by atoms with Gasteiger partial charge in [0.25, 0.3) is 0 Å². The quantitative estimate of drug-likeness (QED) is 0.604. The third kappa shape index (κ3) is 4.25. The van der Waals surface area contributed by atoms with Crippen molar-refractivity contribution in [3.8, 4) is 0 Å². The number of thiazole rings is 1. The van der Waals surface area contributed by atoms with Gasteiger partial charge in [0, 0.05) is 16.6 Å². The van der Waals surface area contributed by atoms with E-state index < -0.39 is 0 Å². The smallest absolute Gasteiger partial charge is 0.311 e. The highest BCUT2D eigenvalue weighted by molar-refractivity contribution is 7.09. The first-order chi connectivity index (χ1) is 11.2. The van der Waals surface area contributed by atoms with Crippen LogP contribution in [0.3, 0.4) is 0 Å². The number of hydrogen-bond donors (Lipinski definition) is 0. The molecule has 0 spiro atoms. The molecule has 1 heterocycles. The van der Waals surface area contributed by atoms with Gasteiger partial charge in [-0.25, -0.2) is 0 Å². The van der Waals surface area contributed by atoms with E-state index in [1.165, 1.54) is 56.2 Å². The standard InChI is InChI=1S/C18H28N2O2S/c1-3-22-17(21)12-16-13(2)23-18(20(16)15-10-11-15)19-14-8-6-4-5-7-9-14/h14-15H,3-12H2,1-2H3. The molecule has 2 saturated carbocycles. The Labute approximate surface area is 142 Å². The third-order valence-electron chi connectivity index (χ3n) is 4.79. The molecule has 0 radical (unpaired) electrons. The van der Waals surface area contributed by atoms with Gasteiger partial charge >= 0.3 is 5.97 Å². The zero-order valence-corrected chi connectivity index (χ0v) is 15.2. The van der Waals surface area contributed by atoms with Crippen molar-refractivity contribution in [2.24, 2.45) is 4.99 Å². The summed E-state index contributed by atoms with van der Waals surface area (Å²) in [6, 6.07) is 1.02. The first-order valence-corrected chi connectivity index (χ1v) is 9.91. The Hall–Kier alpha value is -1.10. The average molecular weight is 337 g/mol. The summed E-state index contributed by atoms with van der Waals surface area (Å²) in [5, 5.41) is 0. The van der Waals surface area contributed by atoms with Crippen LogP contribution in [0.5, 0.6) is 0 Å². The van der Waals surface area contributed by atoms with E-state index >= 15 is 0 Å². The van der Waals surface area contributed by atoms with Crippen LogP contribution in [-0.2, 0) is 16.0 Å². The zero-order chi connectivity index (χ0) is 16.2. The Morgan fingerprint density at radius 3 is 2.52 bits per heavy atom. The zero-order valence-electron chi connectivity index (χ0n) is 14.3. The Bertz CT molecular complexity index is 605. The molecule has 4 nitrogen and oxygen atoms in total. The molecule has 2 aliphatic carbocycles. The van der Waals surface area contributed by atoms with Crippen LogP contribution < -0.4 is 4.80 Å². The van der Waals surface area contributed by atoms with Gasteiger partial charge in [0.05, 0.1) is 19.1 Å². The normalized spacial score (nSPS) is 20.5. The highest BCUT2D eigenvalue weighted by Gasteiger charge is 2.29. The molecule has 2 aliphatic rings. The molecule has 1 aromatic rings. The number of rotatable bonds is 5. The molecule has 3 rings (SSSR count). The average Bonchev–Trinajstić information content (AvgIpc) is 3.31. The van der Waals surface area contributed by atoms with Crippen molar-refractivity contribution in [1.29, 1.82) is 0 Å². The summed E-state index contributed by atoms with van der Waals surface area (Å²) in [5.41, 5.74) is 1.13. The van der Waals surface area contributed by atoms with Crippen LogP contribution >= 0.6 is 11.3 Å². The molecule has 23 heavy (non-hydrogen) atoms. The number of hydrogen-bond acceptors (Lipinski definition) is 4. The molecule has 0 amide bonds. The van der Waals surface area contributed by atoms with E-state index in [0.717, 1.165) is 10.5 Å². The fourth-order valence-electron chi connectivity index (χ4n) is 3.43. The predicted molar refractivity (Wildman–Crippen MR) is 92.7 cm³/mol. The maximum Gasteiger partial charge on any atom is 0.311 e. The number of aryl methyl sites for hydroxylation is 1. The lowest BCUT2D eigenvalue weighted by Gasteiger charge is -2.10. The van der Waals surface area contributed by atoms with E-state index in [0.29, 0.717) is 25.1 Å². The summed E-state index contributed by atoms with van der Waals surface area (Å²) in [7, 11) is 0. The lowest BCUT2D eigenvalue weighted by atomic mass is 10.1. The molecule has 2 fully saturated rings. The van der Waals surface area contributed by atoms with Crippen molar-refractivity contribution in [1.82, 2.24) is 4.57 Å². The second-order valence-electron chi connectivity index (χ2n) is 6.74. The van der Waals surface area contributed by atoms with Crippen molar-refractivity contribution in [3.05, 3.63) is 15.4 Å². The van der Waals surface area contributed by atoms with Gasteiger partial charge < -0.3 is 9.30 Å². The Morgan fingerprint density at radius 1 is 1.22 bits per heavy atom. The van der Waals surface area contributed by atoms with Crippen LogP contribution in [-0.4, -0.2) is 23.2 Å². The largest absolute Gasteiger partial charge is 0.466 e. The second kappa shape index (κ2) is 7.65. The van der Waals surface area contributed by atoms with Crippen LogP contribution in [0, 0.1) is 6.92 Å². The number of aromatic nitrogens is 1. The highest BCUT2D eigenvalue weighted by Crippen LogP contribution is 2.36. The molecule has 0 bridgehead atoms. The summed E-state index contributed by atoms with van der Waals surface area (Å²) < 4.78 is 7.50. The lowest BCUT2D eigenvalue weighted by Crippen LogP contribution is -2.21. The van der Waals surface area contributed by atoms with Gasteiger partial charge in [-0.3, -0.25) is 9.79 Å². The molecule has 0 N–H and O–H groups in total. The Kier molecular flexibility index (Phi) is 5.57. The second-order valence-corrected chi connectivity index (χ2v) is 7.93. The first kappa shape index (κ1) is 16.7. The van der Waals surface area contributed by atoms with Crippen LogP contribution in [0.4, 0.5) is 0 Å². The molecule has 1 aromatic heterocycles. The fraction of sp³-hybridized carbons (Fsp3) is 0.778. The third-order valence-corrected chi connectivity index (χ3v) is 5.82. The van der Waals surface area contributed by atoms with Crippen molar-refractivity contribution >= 4 is 17.3 Å². The molecule has 0 saturated heterocycles. The van der Waals surface area contributed by atoms with Crippen molar-refractivity contribution < 1.29 is 9.53 Å². The van der Waals surface area contributed by atoms with Gasteiger partial charge in [-0.1, -0.05) is 25.7 Å². The topological polar surface area (TPSA) is 43.6 Å². The summed E-state index contributed by atoms with van der Waals surface area (Å²) in [4.78, 5) is 19.4. The minimum absolute atomic E-state index is 0.121. The summed E-state index contributed by atoms with van der Waals surface area (Å²) in [5.74, 6) is -0.121. The minimum Gasteiger partial charge on any atom is -0.466 e. The summed E-state index contributed by atoms with van der Waals surface area (Å²) >= 11 is 1.76. The van der Waals surface area contributed by atoms with Gasteiger partial charge in [-0.2, -0.15) is 0 Å². The minimum atomic E-state index is -0.121. The van der Waals surface area contributed by atoms with E-state index in [9.17, 15) is 4.79 Å². The Morgan fingerprint density at radius 2 is 1.91 bits per heavy atom. The van der Waals surface area contributed by atoms with E-state index in [4.69, 9.17) is 9.73 Å². The van der Waals surface area contributed by atoms with Gasteiger partial charge in [0.1, 0.15) is 0 Å². The molecule has 0 unspecified atom stereocenters. The first-order valence-electron chi connectivity index (χ1n) is 9.09. The van der Waals surface area contributed by atoms with Crippen molar-refractivity contribution in [2.45, 2.75) is 83.7 Å². The molecule has 0 aliphatic heterocycles. The maximum atomic E-state index is 11.9. The number of carbonyl (C=O) groups excluding carboxylic acids is 1. The highest BCUT2D eigenvalue weighted by atomic mass is 32.1. The maximum absolute atomic E-state index is 11.9. The number of esters is 1. The molecular formula is C18H28N2O2S. The monoisotopic (exact) mass is 336 g/mol. The number of ether oxygens (including phenoxy) is 1. The number of nitrogens with zero attached hydrogens (tertiary/aromatic N) is 2. The van der Waals surface area contributed by atoms with Gasteiger partial charge in [0.2, 0.25) is 0 Å². The van der Waals surface area contributed by atoms with E-state index in [1.807, 2.05) is 6.92 Å². The summed E-state index contributed by atoms with van der Waals surface area (Å²) in [6.07, 6.45) is 10.6. The number of carbonyl (C=O) groups is 1. The Balaban J connectivity index is 1.89. The fourth-order valence-corrected chi connectivity index (χ4v) is 4.55. The van der Waals surface area contributed by atoms with Gasteiger partial charge in [-0.15, -0.1) is 11.3 Å². The molecule has 0 aromatic carbocycles. The van der Waals surface area contributed by atoms with E-state index in [2.05, 4.69) is 11.5 Å². The van der Waals surface area contributed by atoms with Crippen molar-refractivity contribution in [2.75, 3.05) is 6.61 Å². The SMILES string of the molecule is CCOC(=O)Cc1c(C)sc(=NC2CCCCCC2)n1C1CC1. The molecule has 0 atom stereocenters. The van der Waals surface area contributed by atoms with Crippen molar-refractivity contribution in [3.63, 3.8) is 0 Å². The van der Waals surface area contributed by atoms with E-state index in [-0.39, 0.29) is 5.97 Å². The molecule has 128 valence electrons. The lowest BCUT2D eigenvalue weighted by molar-refractivity contribution is -0.142. The van der Waals surface area contributed by atoms with Gasteiger partial charge in [0.15, 0.2) is 4.80 Å². The summed E-state index contributed by atoms with van der Waals surface area (Å²) in [6.45, 7) is 4.43. The molecular weight excluding hydrogens is 308 g/mol. The van der Waals surface area contributed by atoms with Crippen LogP contribution in [0.2, 0.25) is 0 Å². The van der Waals surface area contributed by atoms with Crippen LogP contribution in [0.15, 0.2) is 4.99 Å². The van der Waals surface area contributed by atoms with Crippen LogP contribution in [0.1, 0.15) is 74.9 Å². The predicted octanol–water partition coefficient (Wildman–Crippen LogP) is 3.92. The van der Waals surface area contributed by atoms with Crippen LogP contribution in [0.25, 0.3) is 0 Å². The van der Waals surface area contributed by atoms with Gasteiger partial charge in [-0.05, 0) is 39.5 Å². The van der Waals surface area contributed by atoms with E-state index in [1.54, 1.807) is 11.3 Å². The molecule has 5 heteroatoms.